The monoisotopic (exact) mass is 399 g/mol. The van der Waals surface area contributed by atoms with Gasteiger partial charge in [0.05, 0.1) is 22.1 Å². The molecule has 1 amide bonds. The number of nitrogens with one attached hydrogen (secondary N) is 1. The Morgan fingerprint density at radius 1 is 1.18 bits per heavy atom. The van der Waals surface area contributed by atoms with Crippen molar-refractivity contribution in [3.05, 3.63) is 52.5 Å². The fraction of sp³-hybridized carbons (Fsp3) is 0.435. The zero-order valence-electron chi connectivity index (χ0n) is 17.2. The number of nitrogens with zero attached hydrogens (tertiary/aromatic N) is 1. The molecule has 1 saturated heterocycles. The number of carbonyl (C=O) groups is 1. The second-order valence-electron chi connectivity index (χ2n) is 8.71. The SMILES string of the molecule is CC1CCCCN1c1cc(NC(=O)c2ccc(C(C)(C)C)cc2)c(Cl)cc1N. The van der Waals surface area contributed by atoms with Crippen molar-refractivity contribution in [2.45, 2.75) is 58.4 Å². The Hall–Kier alpha value is -2.20. The van der Waals surface area contributed by atoms with Crippen molar-refractivity contribution in [2.24, 2.45) is 0 Å². The van der Waals surface area contributed by atoms with Crippen LogP contribution in [0.5, 0.6) is 0 Å². The Balaban J connectivity index is 1.83. The van der Waals surface area contributed by atoms with E-state index in [-0.39, 0.29) is 11.3 Å². The molecule has 1 heterocycles. The van der Waals surface area contributed by atoms with Crippen LogP contribution in [0.4, 0.5) is 17.1 Å². The number of halogens is 1. The number of amides is 1. The van der Waals surface area contributed by atoms with Crippen LogP contribution in [0.25, 0.3) is 0 Å². The largest absolute Gasteiger partial charge is 0.397 e. The van der Waals surface area contributed by atoms with Gasteiger partial charge >= 0.3 is 0 Å². The third-order valence-corrected chi connectivity index (χ3v) is 5.80. The van der Waals surface area contributed by atoms with E-state index in [2.05, 4.69) is 37.9 Å². The Kier molecular flexibility index (Phi) is 5.90. The maximum absolute atomic E-state index is 12.7. The summed E-state index contributed by atoms with van der Waals surface area (Å²) in [6, 6.07) is 11.8. The number of nitrogen functional groups attached to an aromatic ring is 1. The van der Waals surface area contributed by atoms with Gasteiger partial charge in [0.2, 0.25) is 0 Å². The molecule has 0 aliphatic carbocycles. The van der Waals surface area contributed by atoms with Gasteiger partial charge in [-0.15, -0.1) is 0 Å². The van der Waals surface area contributed by atoms with Crippen molar-refractivity contribution in [2.75, 3.05) is 22.5 Å². The molecule has 28 heavy (non-hydrogen) atoms. The van der Waals surface area contributed by atoms with Crippen molar-refractivity contribution >= 4 is 34.6 Å². The number of benzene rings is 2. The number of hydrogen-bond donors (Lipinski definition) is 2. The minimum atomic E-state index is -0.176. The summed E-state index contributed by atoms with van der Waals surface area (Å²) in [6.45, 7) is 9.63. The smallest absolute Gasteiger partial charge is 0.255 e. The van der Waals surface area contributed by atoms with E-state index in [4.69, 9.17) is 17.3 Å². The van der Waals surface area contributed by atoms with E-state index >= 15 is 0 Å². The summed E-state index contributed by atoms with van der Waals surface area (Å²) in [5, 5.41) is 3.40. The molecule has 1 atom stereocenters. The van der Waals surface area contributed by atoms with Crippen molar-refractivity contribution < 1.29 is 4.79 Å². The summed E-state index contributed by atoms with van der Waals surface area (Å²) in [4.78, 5) is 15.1. The quantitative estimate of drug-likeness (QED) is 0.636. The third kappa shape index (κ3) is 4.44. The van der Waals surface area contributed by atoms with Gasteiger partial charge in [0, 0.05) is 18.2 Å². The Morgan fingerprint density at radius 3 is 2.46 bits per heavy atom. The molecule has 1 fully saturated rings. The van der Waals surface area contributed by atoms with Gasteiger partial charge in [0.15, 0.2) is 0 Å². The number of piperidine rings is 1. The van der Waals surface area contributed by atoms with Crippen molar-refractivity contribution in [1.29, 1.82) is 0 Å². The van der Waals surface area contributed by atoms with Crippen LogP contribution in [0.2, 0.25) is 5.02 Å². The lowest BCUT2D eigenvalue weighted by atomic mass is 9.87. The molecule has 2 aromatic carbocycles. The van der Waals surface area contributed by atoms with Gasteiger partial charge in [-0.3, -0.25) is 4.79 Å². The lowest BCUT2D eigenvalue weighted by Crippen LogP contribution is -2.37. The fourth-order valence-corrected chi connectivity index (χ4v) is 3.91. The summed E-state index contributed by atoms with van der Waals surface area (Å²) in [5.41, 5.74) is 10.3. The second kappa shape index (κ2) is 8.04. The lowest BCUT2D eigenvalue weighted by molar-refractivity contribution is 0.102. The predicted octanol–water partition coefficient (Wildman–Crippen LogP) is 5.85. The Bertz CT molecular complexity index is 855. The molecule has 1 aliphatic heterocycles. The number of anilines is 3. The molecule has 0 bridgehead atoms. The molecule has 5 heteroatoms. The van der Waals surface area contributed by atoms with Crippen molar-refractivity contribution in [3.63, 3.8) is 0 Å². The highest BCUT2D eigenvalue weighted by Crippen LogP contribution is 2.36. The Morgan fingerprint density at radius 2 is 1.86 bits per heavy atom. The van der Waals surface area contributed by atoms with Crippen LogP contribution in [0.3, 0.4) is 0 Å². The number of rotatable bonds is 3. The van der Waals surface area contributed by atoms with E-state index in [1.165, 1.54) is 12.0 Å². The first-order chi connectivity index (χ1) is 13.2. The maximum Gasteiger partial charge on any atom is 0.255 e. The van der Waals surface area contributed by atoms with Crippen LogP contribution in [0, 0.1) is 0 Å². The van der Waals surface area contributed by atoms with Crippen LogP contribution >= 0.6 is 11.6 Å². The van der Waals surface area contributed by atoms with Gasteiger partial charge < -0.3 is 16.0 Å². The van der Waals surface area contributed by atoms with Crippen LogP contribution in [0.1, 0.15) is 62.9 Å². The topological polar surface area (TPSA) is 58.4 Å². The zero-order chi connectivity index (χ0) is 20.5. The van der Waals surface area contributed by atoms with Gasteiger partial charge in [-0.05, 0) is 61.4 Å². The van der Waals surface area contributed by atoms with Gasteiger partial charge in [0.25, 0.3) is 5.91 Å². The summed E-state index contributed by atoms with van der Waals surface area (Å²) >= 11 is 6.38. The maximum atomic E-state index is 12.7. The highest BCUT2D eigenvalue weighted by atomic mass is 35.5. The van der Waals surface area contributed by atoms with E-state index in [1.807, 2.05) is 30.3 Å². The van der Waals surface area contributed by atoms with Crippen LogP contribution < -0.4 is 16.0 Å². The van der Waals surface area contributed by atoms with E-state index in [0.29, 0.717) is 28.0 Å². The van der Waals surface area contributed by atoms with Crippen LogP contribution in [-0.2, 0) is 5.41 Å². The van der Waals surface area contributed by atoms with E-state index in [9.17, 15) is 4.79 Å². The summed E-state index contributed by atoms with van der Waals surface area (Å²) < 4.78 is 0. The number of carbonyl (C=O) groups excluding carboxylic acids is 1. The normalized spacial score (nSPS) is 17.5. The molecule has 0 spiro atoms. The lowest BCUT2D eigenvalue weighted by Gasteiger charge is -2.36. The number of hydrogen-bond acceptors (Lipinski definition) is 3. The molecule has 2 aromatic rings. The highest BCUT2D eigenvalue weighted by molar-refractivity contribution is 6.34. The fourth-order valence-electron chi connectivity index (χ4n) is 3.69. The molecule has 0 radical (unpaired) electrons. The van der Waals surface area contributed by atoms with E-state index in [0.717, 1.165) is 25.1 Å². The molecule has 1 aliphatic rings. The molecule has 0 saturated carbocycles. The van der Waals surface area contributed by atoms with E-state index < -0.39 is 0 Å². The van der Waals surface area contributed by atoms with Gasteiger partial charge in [-0.1, -0.05) is 44.5 Å². The standard InChI is InChI=1S/C23H30ClN3O/c1-15-7-5-6-12-27(15)21-14-20(18(24)13-19(21)25)26-22(28)16-8-10-17(11-9-16)23(2,3)4/h8-11,13-15H,5-7,12,25H2,1-4H3,(H,26,28). The summed E-state index contributed by atoms with van der Waals surface area (Å²) in [5.74, 6) is -0.176. The molecular formula is C23H30ClN3O. The van der Waals surface area contributed by atoms with Crippen molar-refractivity contribution in [1.82, 2.24) is 0 Å². The van der Waals surface area contributed by atoms with Crippen molar-refractivity contribution in [3.8, 4) is 0 Å². The first-order valence-corrected chi connectivity index (χ1v) is 10.3. The molecule has 150 valence electrons. The second-order valence-corrected chi connectivity index (χ2v) is 9.12. The summed E-state index contributed by atoms with van der Waals surface area (Å²) in [7, 11) is 0. The molecule has 4 nitrogen and oxygen atoms in total. The molecule has 1 unspecified atom stereocenters. The Labute approximate surface area is 173 Å². The average molecular weight is 400 g/mol. The molecule has 3 N–H and O–H groups in total. The average Bonchev–Trinajstić information content (AvgIpc) is 2.64. The molecular weight excluding hydrogens is 370 g/mol. The summed E-state index contributed by atoms with van der Waals surface area (Å²) in [6.07, 6.45) is 3.53. The van der Waals surface area contributed by atoms with Gasteiger partial charge in [-0.2, -0.15) is 0 Å². The van der Waals surface area contributed by atoms with E-state index in [1.54, 1.807) is 6.07 Å². The van der Waals surface area contributed by atoms with Gasteiger partial charge in [0.1, 0.15) is 0 Å². The minimum Gasteiger partial charge on any atom is -0.397 e. The van der Waals surface area contributed by atoms with Crippen LogP contribution in [0.15, 0.2) is 36.4 Å². The predicted molar refractivity (Wildman–Crippen MR) is 120 cm³/mol. The highest BCUT2D eigenvalue weighted by Gasteiger charge is 2.22. The first kappa shape index (κ1) is 20.5. The molecule has 3 rings (SSSR count). The first-order valence-electron chi connectivity index (χ1n) is 9.94. The zero-order valence-corrected chi connectivity index (χ0v) is 17.9. The minimum absolute atomic E-state index is 0.0509. The molecule has 0 aromatic heterocycles. The third-order valence-electron chi connectivity index (χ3n) is 5.49. The number of nitrogens with two attached hydrogens (primary N) is 1. The van der Waals surface area contributed by atoms with Crippen LogP contribution in [-0.4, -0.2) is 18.5 Å². The van der Waals surface area contributed by atoms with Gasteiger partial charge in [-0.25, -0.2) is 0 Å².